The molecule has 2 saturated heterocycles. The number of carbonyl (C=O) groups excluding carboxylic acids is 1. The van der Waals surface area contributed by atoms with Crippen LogP contribution in [0.1, 0.15) is 31.9 Å². The number of ether oxygens (including phenoxy) is 2. The average Bonchev–Trinajstić information content (AvgIpc) is 3.25. The normalized spacial score (nSPS) is 30.0. The van der Waals surface area contributed by atoms with Crippen molar-refractivity contribution in [2.45, 2.75) is 44.7 Å². The minimum Gasteiger partial charge on any atom is -0.356 e. The number of benzene rings is 1. The van der Waals surface area contributed by atoms with Crippen molar-refractivity contribution in [3.8, 4) is 0 Å². The highest BCUT2D eigenvalue weighted by molar-refractivity contribution is 7.98. The Morgan fingerprint density at radius 1 is 1.35 bits per heavy atom. The van der Waals surface area contributed by atoms with Crippen LogP contribution in [0.15, 0.2) is 30.3 Å². The van der Waals surface area contributed by atoms with Crippen LogP contribution in [0, 0.1) is 5.92 Å². The van der Waals surface area contributed by atoms with Crippen LogP contribution in [0.25, 0.3) is 0 Å². The van der Waals surface area contributed by atoms with Crippen LogP contribution in [0.5, 0.6) is 0 Å². The lowest BCUT2D eigenvalue weighted by Crippen LogP contribution is -2.46. The molecule has 2 aliphatic heterocycles. The number of hydrogen-bond donors (Lipinski definition) is 0. The van der Waals surface area contributed by atoms with Gasteiger partial charge in [0, 0.05) is 6.42 Å². The van der Waals surface area contributed by atoms with E-state index >= 15 is 0 Å². The summed E-state index contributed by atoms with van der Waals surface area (Å²) in [6, 6.07) is 10.1. The number of thioether (sulfide) groups is 1. The van der Waals surface area contributed by atoms with Gasteiger partial charge >= 0.3 is 0 Å². The van der Waals surface area contributed by atoms with Crippen molar-refractivity contribution < 1.29 is 14.3 Å². The molecule has 0 aliphatic carbocycles. The fourth-order valence-corrected chi connectivity index (χ4v) is 3.62. The molecule has 23 heavy (non-hydrogen) atoms. The minimum atomic E-state index is -0.350. The van der Waals surface area contributed by atoms with Crippen molar-refractivity contribution in [2.24, 2.45) is 5.92 Å². The Morgan fingerprint density at radius 2 is 2.09 bits per heavy atom. The molecular formula is C18H25NO3S. The van der Waals surface area contributed by atoms with E-state index in [9.17, 15) is 4.79 Å². The molecule has 3 rings (SSSR count). The van der Waals surface area contributed by atoms with Crippen molar-refractivity contribution in [1.82, 2.24) is 4.90 Å². The number of amides is 1. The van der Waals surface area contributed by atoms with E-state index in [1.807, 2.05) is 35.2 Å². The molecule has 2 heterocycles. The predicted molar refractivity (Wildman–Crippen MR) is 92.3 cm³/mol. The lowest BCUT2D eigenvalue weighted by Gasteiger charge is -2.30. The van der Waals surface area contributed by atoms with E-state index in [4.69, 9.17) is 9.47 Å². The number of carbonyl (C=O) groups is 1. The zero-order valence-corrected chi connectivity index (χ0v) is 14.8. The molecule has 4 atom stereocenters. The maximum Gasteiger partial charge on any atom is 0.257 e. The third kappa shape index (κ3) is 3.57. The van der Waals surface area contributed by atoms with Gasteiger partial charge in [0.1, 0.15) is 12.3 Å². The first-order valence-electron chi connectivity index (χ1n) is 8.26. The molecule has 5 heteroatoms. The van der Waals surface area contributed by atoms with Gasteiger partial charge in [-0.3, -0.25) is 4.79 Å². The zero-order chi connectivity index (χ0) is 16.4. The van der Waals surface area contributed by atoms with Gasteiger partial charge in [0.2, 0.25) is 0 Å². The largest absolute Gasteiger partial charge is 0.356 e. The number of hydrogen-bond acceptors (Lipinski definition) is 4. The highest BCUT2D eigenvalue weighted by atomic mass is 32.2. The summed E-state index contributed by atoms with van der Waals surface area (Å²) in [5.41, 5.74) is 1.08. The minimum absolute atomic E-state index is 0.0844. The summed E-state index contributed by atoms with van der Waals surface area (Å²) in [6.45, 7) is 4.92. The molecule has 1 aromatic rings. The molecule has 2 fully saturated rings. The highest BCUT2D eigenvalue weighted by Gasteiger charge is 2.52. The highest BCUT2D eigenvalue weighted by Crippen LogP contribution is 2.41. The molecule has 1 aromatic carbocycles. The second-order valence-corrected chi connectivity index (χ2v) is 7.50. The van der Waals surface area contributed by atoms with Gasteiger partial charge in [-0.15, -0.1) is 0 Å². The van der Waals surface area contributed by atoms with Crippen LogP contribution < -0.4 is 0 Å². The lowest BCUT2D eigenvalue weighted by molar-refractivity contribution is -0.139. The molecular weight excluding hydrogens is 310 g/mol. The van der Waals surface area contributed by atoms with E-state index in [1.165, 1.54) is 0 Å². The van der Waals surface area contributed by atoms with Crippen molar-refractivity contribution in [3.63, 3.8) is 0 Å². The van der Waals surface area contributed by atoms with Gasteiger partial charge < -0.3 is 14.4 Å². The standard InChI is InChI=1S/C18H25NO3S/c1-12(2)14-11-21-15(9-10-23-3)19(14)18(20)17-16(22-17)13-7-5-4-6-8-13/h4-8,12,14-17H,9-11H2,1-3H3/t14-,15+,16+,17+/m1/s1. The summed E-state index contributed by atoms with van der Waals surface area (Å²) in [5, 5.41) is 0. The zero-order valence-electron chi connectivity index (χ0n) is 14.0. The second-order valence-electron chi connectivity index (χ2n) is 6.51. The van der Waals surface area contributed by atoms with Crippen molar-refractivity contribution in [1.29, 1.82) is 0 Å². The maximum atomic E-state index is 13.0. The van der Waals surface area contributed by atoms with Gasteiger partial charge in [0.15, 0.2) is 6.10 Å². The maximum absolute atomic E-state index is 13.0. The first-order valence-corrected chi connectivity index (χ1v) is 9.66. The molecule has 0 bridgehead atoms. The van der Waals surface area contributed by atoms with E-state index in [0.29, 0.717) is 12.5 Å². The van der Waals surface area contributed by atoms with Crippen molar-refractivity contribution >= 4 is 17.7 Å². The fourth-order valence-electron chi connectivity index (χ4n) is 3.19. The molecule has 0 spiro atoms. The fraction of sp³-hybridized carbons (Fsp3) is 0.611. The third-order valence-electron chi connectivity index (χ3n) is 4.58. The van der Waals surface area contributed by atoms with E-state index in [2.05, 4.69) is 20.1 Å². The van der Waals surface area contributed by atoms with E-state index in [1.54, 1.807) is 11.8 Å². The molecule has 0 saturated carbocycles. The van der Waals surface area contributed by atoms with Crippen molar-refractivity contribution in [2.75, 3.05) is 18.6 Å². The monoisotopic (exact) mass is 335 g/mol. The quantitative estimate of drug-likeness (QED) is 0.749. The summed E-state index contributed by atoms with van der Waals surface area (Å²) in [7, 11) is 0. The van der Waals surface area contributed by atoms with Gasteiger partial charge in [-0.25, -0.2) is 0 Å². The van der Waals surface area contributed by atoms with Crippen molar-refractivity contribution in [3.05, 3.63) is 35.9 Å². The second kappa shape index (κ2) is 7.24. The first-order chi connectivity index (χ1) is 11.1. The lowest BCUT2D eigenvalue weighted by atomic mass is 10.0. The topological polar surface area (TPSA) is 42.1 Å². The molecule has 1 amide bonds. The Labute approximate surface area is 142 Å². The summed E-state index contributed by atoms with van der Waals surface area (Å²) >= 11 is 1.78. The molecule has 0 unspecified atom stereocenters. The average molecular weight is 335 g/mol. The van der Waals surface area contributed by atoms with Gasteiger partial charge in [0.25, 0.3) is 5.91 Å². The molecule has 0 aromatic heterocycles. The van der Waals surface area contributed by atoms with Crippen LogP contribution in [0.3, 0.4) is 0 Å². The Kier molecular flexibility index (Phi) is 5.29. The molecule has 2 aliphatic rings. The third-order valence-corrected chi connectivity index (χ3v) is 5.23. The van der Waals surface area contributed by atoms with E-state index in [0.717, 1.165) is 17.7 Å². The summed E-state index contributed by atoms with van der Waals surface area (Å²) in [5.74, 6) is 1.46. The SMILES string of the molecule is CSCC[C@@H]1OC[C@H](C(C)C)N1C(=O)[C@H]1O[C@H]1c1ccccc1. The molecule has 0 radical (unpaired) electrons. The van der Waals surface area contributed by atoms with Gasteiger partial charge in [-0.2, -0.15) is 11.8 Å². The smallest absolute Gasteiger partial charge is 0.257 e. The molecule has 4 nitrogen and oxygen atoms in total. The molecule has 0 N–H and O–H groups in total. The van der Waals surface area contributed by atoms with Crippen LogP contribution in [0.2, 0.25) is 0 Å². The van der Waals surface area contributed by atoms with Gasteiger partial charge in [-0.05, 0) is 23.5 Å². The Hall–Kier alpha value is -1.04. The Balaban J connectivity index is 1.70. The van der Waals surface area contributed by atoms with Crippen LogP contribution in [0.4, 0.5) is 0 Å². The van der Waals surface area contributed by atoms with Gasteiger partial charge in [0.05, 0.1) is 12.6 Å². The van der Waals surface area contributed by atoms with Crippen LogP contribution in [-0.4, -0.2) is 47.8 Å². The van der Waals surface area contributed by atoms with E-state index in [-0.39, 0.29) is 30.4 Å². The van der Waals surface area contributed by atoms with Gasteiger partial charge in [-0.1, -0.05) is 44.2 Å². The first kappa shape index (κ1) is 16.8. The summed E-state index contributed by atoms with van der Waals surface area (Å²) in [6.07, 6.45) is 2.40. The predicted octanol–water partition coefficient (Wildman–Crippen LogP) is 3.09. The number of rotatable bonds is 6. The number of epoxide rings is 1. The Bertz CT molecular complexity index is 536. The number of nitrogens with zero attached hydrogens (tertiary/aromatic N) is 1. The van der Waals surface area contributed by atoms with Crippen LogP contribution >= 0.6 is 11.8 Å². The summed E-state index contributed by atoms with van der Waals surface area (Å²) in [4.78, 5) is 14.9. The van der Waals surface area contributed by atoms with Crippen LogP contribution in [-0.2, 0) is 14.3 Å². The van der Waals surface area contributed by atoms with E-state index < -0.39 is 0 Å². The summed E-state index contributed by atoms with van der Waals surface area (Å²) < 4.78 is 11.6. The molecule has 126 valence electrons. The Morgan fingerprint density at radius 3 is 2.74 bits per heavy atom.